The largest absolute Gasteiger partial charge is 0.494 e. The molecule has 2 aliphatic heterocycles. The van der Waals surface area contributed by atoms with Crippen LogP contribution in [-0.4, -0.2) is 42.2 Å². The fraction of sp³-hybridized carbons (Fsp3) is 0.414. The lowest BCUT2D eigenvalue weighted by atomic mass is 9.99. The highest BCUT2D eigenvalue weighted by Gasteiger charge is 2.38. The van der Waals surface area contributed by atoms with E-state index in [-0.39, 0.29) is 11.8 Å². The van der Waals surface area contributed by atoms with Crippen LogP contribution in [0.1, 0.15) is 39.2 Å². The van der Waals surface area contributed by atoms with Crippen LogP contribution in [0.5, 0.6) is 11.5 Å². The Morgan fingerprint density at radius 1 is 1.14 bits per heavy atom. The minimum Gasteiger partial charge on any atom is -0.494 e. The molecule has 194 valence electrons. The predicted molar refractivity (Wildman–Crippen MR) is 146 cm³/mol. The fourth-order valence-electron chi connectivity index (χ4n) is 4.85. The summed E-state index contributed by atoms with van der Waals surface area (Å²) in [5.41, 5.74) is 2.92. The number of carbonyl (C=O) groups excluding carboxylic acids is 1. The summed E-state index contributed by atoms with van der Waals surface area (Å²) in [4.78, 5) is 26.7. The Bertz CT molecular complexity index is 1240. The Morgan fingerprint density at radius 2 is 1.89 bits per heavy atom. The van der Waals surface area contributed by atoms with E-state index in [1.54, 1.807) is 18.2 Å². The van der Waals surface area contributed by atoms with Gasteiger partial charge < -0.3 is 19.7 Å². The van der Waals surface area contributed by atoms with E-state index < -0.39 is 6.10 Å². The zero-order valence-electron chi connectivity index (χ0n) is 22.0. The van der Waals surface area contributed by atoms with Gasteiger partial charge in [0.2, 0.25) is 5.95 Å². The van der Waals surface area contributed by atoms with Crippen molar-refractivity contribution in [2.24, 2.45) is 11.8 Å². The second-order valence-corrected chi connectivity index (χ2v) is 10.3. The standard InChI is InChI=1S/C29H35N5O3/c1-19(2)26-28(35)34(18-21-8-6-5-7-9-21)27-25(37-26)17-30-29(32-27)31-23-11-10-22(16-24(23)36-4)33-14-12-20(3)13-15-33/h5-11,16-17,19-20,26H,12-15,18H2,1-4H3,(H,30,31,32). The Balaban J connectivity index is 1.42. The van der Waals surface area contributed by atoms with Crippen LogP contribution in [-0.2, 0) is 11.3 Å². The molecule has 1 fully saturated rings. The van der Waals surface area contributed by atoms with Gasteiger partial charge >= 0.3 is 0 Å². The summed E-state index contributed by atoms with van der Waals surface area (Å²) >= 11 is 0. The SMILES string of the molecule is COc1cc(N2CCC(C)CC2)ccc1Nc1ncc2c(n1)N(Cc1ccccc1)C(=O)C(C(C)C)O2. The van der Waals surface area contributed by atoms with Gasteiger partial charge in [0.25, 0.3) is 5.91 Å². The van der Waals surface area contributed by atoms with Crippen LogP contribution in [0.15, 0.2) is 54.7 Å². The van der Waals surface area contributed by atoms with Gasteiger partial charge in [-0.3, -0.25) is 9.69 Å². The zero-order valence-corrected chi connectivity index (χ0v) is 22.0. The number of anilines is 4. The molecule has 2 aromatic carbocycles. The van der Waals surface area contributed by atoms with Crippen molar-refractivity contribution in [2.75, 3.05) is 35.3 Å². The van der Waals surface area contributed by atoms with Gasteiger partial charge in [-0.25, -0.2) is 4.98 Å². The molecule has 1 saturated heterocycles. The average Bonchev–Trinajstić information content (AvgIpc) is 2.91. The quantitative estimate of drug-likeness (QED) is 0.463. The van der Waals surface area contributed by atoms with Crippen molar-refractivity contribution in [1.82, 2.24) is 9.97 Å². The summed E-state index contributed by atoms with van der Waals surface area (Å²) in [6.07, 6.45) is 3.45. The molecule has 0 spiro atoms. The number of fused-ring (bicyclic) bond motifs is 1. The van der Waals surface area contributed by atoms with Crippen molar-refractivity contribution in [1.29, 1.82) is 0 Å². The third kappa shape index (κ3) is 5.33. The topological polar surface area (TPSA) is 79.8 Å². The number of hydrogen-bond donors (Lipinski definition) is 1. The zero-order chi connectivity index (χ0) is 25.9. The highest BCUT2D eigenvalue weighted by Crippen LogP contribution is 2.37. The van der Waals surface area contributed by atoms with Crippen LogP contribution < -0.4 is 24.6 Å². The molecule has 8 heteroatoms. The van der Waals surface area contributed by atoms with E-state index in [1.807, 2.05) is 50.2 Å². The van der Waals surface area contributed by atoms with Crippen molar-refractivity contribution in [3.05, 3.63) is 60.3 Å². The number of piperidine rings is 1. The summed E-state index contributed by atoms with van der Waals surface area (Å²) in [6.45, 7) is 8.77. The van der Waals surface area contributed by atoms with E-state index in [9.17, 15) is 4.79 Å². The molecule has 3 aromatic rings. The van der Waals surface area contributed by atoms with E-state index in [4.69, 9.17) is 14.5 Å². The highest BCUT2D eigenvalue weighted by atomic mass is 16.5. The van der Waals surface area contributed by atoms with Crippen molar-refractivity contribution < 1.29 is 14.3 Å². The number of benzene rings is 2. The van der Waals surface area contributed by atoms with Gasteiger partial charge in [-0.2, -0.15) is 4.98 Å². The number of methoxy groups -OCH3 is 1. The molecule has 1 aromatic heterocycles. The predicted octanol–water partition coefficient (Wildman–Crippen LogP) is 5.42. The second-order valence-electron chi connectivity index (χ2n) is 10.3. The van der Waals surface area contributed by atoms with Crippen LogP contribution in [0.25, 0.3) is 0 Å². The third-order valence-electron chi connectivity index (χ3n) is 7.12. The van der Waals surface area contributed by atoms with Gasteiger partial charge in [-0.15, -0.1) is 0 Å². The smallest absolute Gasteiger partial charge is 0.269 e. The summed E-state index contributed by atoms with van der Waals surface area (Å²) in [6, 6.07) is 16.0. The minimum atomic E-state index is -0.580. The molecule has 2 aliphatic rings. The monoisotopic (exact) mass is 501 g/mol. The van der Waals surface area contributed by atoms with Crippen LogP contribution >= 0.6 is 0 Å². The Hall–Kier alpha value is -3.81. The molecule has 1 amide bonds. The van der Waals surface area contributed by atoms with Gasteiger partial charge in [0, 0.05) is 24.8 Å². The van der Waals surface area contributed by atoms with Gasteiger partial charge in [0.15, 0.2) is 17.7 Å². The molecule has 0 radical (unpaired) electrons. The third-order valence-corrected chi connectivity index (χ3v) is 7.12. The summed E-state index contributed by atoms with van der Waals surface area (Å²) in [5, 5.41) is 3.28. The minimum absolute atomic E-state index is 0.0163. The normalized spacial score (nSPS) is 18.0. The van der Waals surface area contributed by atoms with Crippen LogP contribution in [0, 0.1) is 11.8 Å². The van der Waals surface area contributed by atoms with Gasteiger partial charge in [0.1, 0.15) is 5.75 Å². The molecule has 5 rings (SSSR count). The number of nitrogens with zero attached hydrogens (tertiary/aromatic N) is 4. The summed E-state index contributed by atoms with van der Waals surface area (Å²) in [5.74, 6) is 2.73. The number of amides is 1. The lowest BCUT2D eigenvalue weighted by Gasteiger charge is -2.35. The first-order valence-corrected chi connectivity index (χ1v) is 13.0. The maximum Gasteiger partial charge on any atom is 0.269 e. The van der Waals surface area contributed by atoms with E-state index >= 15 is 0 Å². The first-order valence-electron chi connectivity index (χ1n) is 13.0. The van der Waals surface area contributed by atoms with Crippen molar-refractivity contribution in [2.45, 2.75) is 46.3 Å². The molecule has 1 unspecified atom stereocenters. The first-order chi connectivity index (χ1) is 17.9. The molecular formula is C29H35N5O3. The summed E-state index contributed by atoms with van der Waals surface area (Å²) in [7, 11) is 1.66. The van der Waals surface area contributed by atoms with E-state index in [1.165, 1.54) is 12.8 Å². The fourth-order valence-corrected chi connectivity index (χ4v) is 4.85. The molecule has 8 nitrogen and oxygen atoms in total. The number of nitrogens with one attached hydrogen (secondary N) is 1. The number of rotatable bonds is 7. The van der Waals surface area contributed by atoms with E-state index in [2.05, 4.69) is 34.3 Å². The molecule has 37 heavy (non-hydrogen) atoms. The van der Waals surface area contributed by atoms with Crippen molar-refractivity contribution >= 4 is 29.0 Å². The Morgan fingerprint density at radius 3 is 2.59 bits per heavy atom. The molecule has 1 N–H and O–H groups in total. The number of carbonyl (C=O) groups is 1. The molecule has 0 aliphatic carbocycles. The number of hydrogen-bond acceptors (Lipinski definition) is 7. The van der Waals surface area contributed by atoms with Crippen molar-refractivity contribution in [3.63, 3.8) is 0 Å². The Kier molecular flexibility index (Phi) is 7.17. The second kappa shape index (κ2) is 10.7. The molecule has 3 heterocycles. The lowest BCUT2D eigenvalue weighted by Crippen LogP contribution is -2.48. The van der Waals surface area contributed by atoms with Gasteiger partial charge in [0.05, 0.1) is 25.5 Å². The molecular weight excluding hydrogens is 466 g/mol. The van der Waals surface area contributed by atoms with Crippen LogP contribution in [0.4, 0.5) is 23.1 Å². The first kappa shape index (κ1) is 24.9. The molecule has 0 bridgehead atoms. The Labute approximate surface area is 218 Å². The lowest BCUT2D eigenvalue weighted by molar-refractivity contribution is -0.128. The van der Waals surface area contributed by atoms with Gasteiger partial charge in [-0.1, -0.05) is 51.1 Å². The number of ether oxygens (including phenoxy) is 2. The van der Waals surface area contributed by atoms with E-state index in [0.717, 1.165) is 35.9 Å². The summed E-state index contributed by atoms with van der Waals surface area (Å²) < 4.78 is 11.7. The molecule has 1 atom stereocenters. The average molecular weight is 502 g/mol. The van der Waals surface area contributed by atoms with E-state index in [0.29, 0.717) is 29.8 Å². The van der Waals surface area contributed by atoms with Gasteiger partial charge in [-0.05, 0) is 42.4 Å². The number of aromatic nitrogens is 2. The van der Waals surface area contributed by atoms with Crippen LogP contribution in [0.2, 0.25) is 0 Å². The van der Waals surface area contributed by atoms with Crippen LogP contribution in [0.3, 0.4) is 0 Å². The maximum absolute atomic E-state index is 13.4. The maximum atomic E-state index is 13.4. The highest BCUT2D eigenvalue weighted by molar-refractivity contribution is 5.99. The van der Waals surface area contributed by atoms with Crippen molar-refractivity contribution in [3.8, 4) is 11.5 Å². The molecule has 0 saturated carbocycles.